The van der Waals surface area contributed by atoms with Gasteiger partial charge in [-0.05, 0) is 63.4 Å². The quantitative estimate of drug-likeness (QED) is 0.909. The van der Waals surface area contributed by atoms with Crippen LogP contribution in [0.3, 0.4) is 0 Å². The molecule has 2 N–H and O–H groups in total. The van der Waals surface area contributed by atoms with Crippen molar-refractivity contribution in [1.29, 1.82) is 0 Å². The lowest BCUT2D eigenvalue weighted by atomic mass is 10.0. The van der Waals surface area contributed by atoms with E-state index in [1.807, 2.05) is 19.9 Å². The van der Waals surface area contributed by atoms with Gasteiger partial charge in [-0.15, -0.1) is 0 Å². The third-order valence-corrected chi connectivity index (χ3v) is 5.29. The highest BCUT2D eigenvalue weighted by molar-refractivity contribution is 5.57. The smallest absolute Gasteiger partial charge is 0.126 e. The van der Waals surface area contributed by atoms with Gasteiger partial charge in [-0.3, -0.25) is 4.90 Å². The first-order valence-corrected chi connectivity index (χ1v) is 8.00. The summed E-state index contributed by atoms with van der Waals surface area (Å²) in [6.45, 7) is 5.83. The van der Waals surface area contributed by atoms with Crippen molar-refractivity contribution in [1.82, 2.24) is 4.90 Å². The summed E-state index contributed by atoms with van der Waals surface area (Å²) in [4.78, 5) is 4.95. The normalized spacial score (nSPS) is 27.8. The minimum atomic E-state index is -0.153. The fourth-order valence-electron chi connectivity index (χ4n) is 3.85. The zero-order chi connectivity index (χ0) is 15.1. The van der Waals surface area contributed by atoms with Crippen LogP contribution in [0.15, 0.2) is 12.1 Å². The van der Waals surface area contributed by atoms with E-state index < -0.39 is 0 Å². The van der Waals surface area contributed by atoms with Gasteiger partial charge in [-0.1, -0.05) is 0 Å². The molecule has 3 nitrogen and oxygen atoms in total. The molecule has 2 saturated heterocycles. The number of hydrogen-bond acceptors (Lipinski definition) is 3. The molecule has 2 heterocycles. The fourth-order valence-corrected chi connectivity index (χ4v) is 3.85. The van der Waals surface area contributed by atoms with Gasteiger partial charge in [0.2, 0.25) is 0 Å². The highest BCUT2D eigenvalue weighted by Crippen LogP contribution is 2.34. The molecule has 0 spiro atoms. The van der Waals surface area contributed by atoms with Crippen LogP contribution in [0, 0.1) is 12.7 Å². The van der Waals surface area contributed by atoms with Crippen molar-refractivity contribution in [3.8, 4) is 0 Å². The minimum absolute atomic E-state index is 0.145. The third-order valence-electron chi connectivity index (χ3n) is 5.29. The summed E-state index contributed by atoms with van der Waals surface area (Å²) in [5.74, 6) is -0.153. The predicted octanol–water partition coefficient (Wildman–Crippen LogP) is 2.83. The Morgan fingerprint density at radius 3 is 2.67 bits per heavy atom. The predicted molar refractivity (Wildman–Crippen MR) is 85.1 cm³/mol. The van der Waals surface area contributed by atoms with Gasteiger partial charge in [-0.25, -0.2) is 4.39 Å². The van der Waals surface area contributed by atoms with E-state index in [1.165, 1.54) is 19.3 Å². The molecule has 3 atom stereocenters. The molecule has 1 aromatic rings. The van der Waals surface area contributed by atoms with Crippen molar-refractivity contribution in [3.63, 3.8) is 0 Å². The van der Waals surface area contributed by atoms with E-state index in [2.05, 4.69) is 16.8 Å². The average Bonchev–Trinajstić information content (AvgIpc) is 2.66. The second kappa shape index (κ2) is 5.58. The average molecular weight is 291 g/mol. The molecule has 2 aliphatic heterocycles. The van der Waals surface area contributed by atoms with E-state index >= 15 is 0 Å². The monoisotopic (exact) mass is 291 g/mol. The second-order valence-corrected chi connectivity index (χ2v) is 6.73. The van der Waals surface area contributed by atoms with Crippen LogP contribution in [0.2, 0.25) is 0 Å². The molecular formula is C17H26FN3. The van der Waals surface area contributed by atoms with E-state index in [0.29, 0.717) is 17.6 Å². The molecule has 1 aromatic carbocycles. The van der Waals surface area contributed by atoms with E-state index in [4.69, 9.17) is 5.73 Å². The van der Waals surface area contributed by atoms with Crippen molar-refractivity contribution in [2.24, 2.45) is 5.73 Å². The molecule has 3 rings (SSSR count). The van der Waals surface area contributed by atoms with Crippen LogP contribution in [0.1, 0.15) is 43.4 Å². The van der Waals surface area contributed by atoms with Crippen LogP contribution >= 0.6 is 0 Å². The Morgan fingerprint density at radius 2 is 1.95 bits per heavy atom. The molecule has 0 aliphatic carbocycles. The number of fused-ring (bicyclic) bond motifs is 2. The Kier molecular flexibility index (Phi) is 3.93. The van der Waals surface area contributed by atoms with Crippen LogP contribution in [0.25, 0.3) is 0 Å². The Balaban J connectivity index is 1.94. The Bertz CT molecular complexity index is 529. The second-order valence-electron chi connectivity index (χ2n) is 6.73. The molecule has 2 bridgehead atoms. The zero-order valence-electron chi connectivity index (χ0n) is 13.3. The first kappa shape index (κ1) is 14.8. The first-order chi connectivity index (χ1) is 9.97. The Morgan fingerprint density at radius 1 is 1.24 bits per heavy atom. The van der Waals surface area contributed by atoms with Crippen molar-refractivity contribution in [2.75, 3.05) is 25.0 Å². The van der Waals surface area contributed by atoms with Crippen LogP contribution < -0.4 is 10.6 Å². The number of nitrogens with two attached hydrogens (primary N) is 1. The summed E-state index contributed by atoms with van der Waals surface area (Å²) < 4.78 is 13.9. The molecule has 2 fully saturated rings. The number of likely N-dealkylation sites (N-methyl/N-ethyl adjacent to an activating group) is 1. The van der Waals surface area contributed by atoms with Gasteiger partial charge in [0.25, 0.3) is 0 Å². The van der Waals surface area contributed by atoms with Gasteiger partial charge in [0.15, 0.2) is 0 Å². The van der Waals surface area contributed by atoms with Gasteiger partial charge in [0.1, 0.15) is 5.82 Å². The van der Waals surface area contributed by atoms with Crippen LogP contribution in [-0.4, -0.2) is 37.1 Å². The van der Waals surface area contributed by atoms with Crippen LogP contribution in [0.5, 0.6) is 0 Å². The summed E-state index contributed by atoms with van der Waals surface area (Å²) in [6, 6.07) is 4.78. The van der Waals surface area contributed by atoms with E-state index in [9.17, 15) is 4.39 Å². The highest BCUT2D eigenvalue weighted by atomic mass is 19.1. The topological polar surface area (TPSA) is 32.5 Å². The van der Waals surface area contributed by atoms with Crippen LogP contribution in [0.4, 0.5) is 10.1 Å². The molecule has 2 aliphatic rings. The molecule has 0 saturated carbocycles. The maximum Gasteiger partial charge on any atom is 0.126 e. The summed E-state index contributed by atoms with van der Waals surface area (Å²) in [7, 11) is 2.24. The summed E-state index contributed by atoms with van der Waals surface area (Å²) in [5.41, 5.74) is 8.84. The van der Waals surface area contributed by atoms with Crippen molar-refractivity contribution in [3.05, 3.63) is 29.1 Å². The number of halogens is 1. The number of aryl methyl sites for hydroxylation is 1. The maximum atomic E-state index is 13.9. The first-order valence-electron chi connectivity index (χ1n) is 8.00. The van der Waals surface area contributed by atoms with E-state index in [-0.39, 0.29) is 11.9 Å². The molecule has 2 unspecified atom stereocenters. The lowest BCUT2D eigenvalue weighted by Crippen LogP contribution is -2.37. The summed E-state index contributed by atoms with van der Waals surface area (Å²) in [5, 5.41) is 0. The van der Waals surface area contributed by atoms with E-state index in [1.54, 1.807) is 6.07 Å². The number of benzene rings is 1. The SMILES string of the molecule is Cc1cc(N2CCC3CCC(C2)N3C)c([C@@H](C)N)cc1F. The van der Waals surface area contributed by atoms with Gasteiger partial charge in [-0.2, -0.15) is 0 Å². The lowest BCUT2D eigenvalue weighted by Gasteiger charge is -2.30. The molecule has 0 aromatic heterocycles. The van der Waals surface area contributed by atoms with Gasteiger partial charge in [0.05, 0.1) is 0 Å². The van der Waals surface area contributed by atoms with E-state index in [0.717, 1.165) is 24.3 Å². The molecule has 116 valence electrons. The van der Waals surface area contributed by atoms with Gasteiger partial charge >= 0.3 is 0 Å². The standard InChI is InChI=1S/C17H26FN3/c1-11-8-17(15(12(2)19)9-16(11)18)21-7-6-13-4-5-14(10-21)20(13)3/h8-9,12-14H,4-7,10,19H2,1-3H3/t12-,13?,14?/m1/s1. The number of nitrogens with zero attached hydrogens (tertiary/aromatic N) is 2. The number of hydrogen-bond donors (Lipinski definition) is 1. The molecule has 21 heavy (non-hydrogen) atoms. The third kappa shape index (κ3) is 2.67. The summed E-state index contributed by atoms with van der Waals surface area (Å²) >= 11 is 0. The molecule has 4 heteroatoms. The summed E-state index contributed by atoms with van der Waals surface area (Å²) in [6.07, 6.45) is 3.77. The lowest BCUT2D eigenvalue weighted by molar-refractivity contribution is 0.254. The minimum Gasteiger partial charge on any atom is -0.370 e. The maximum absolute atomic E-state index is 13.9. The molecular weight excluding hydrogens is 265 g/mol. The van der Waals surface area contributed by atoms with Crippen molar-refractivity contribution >= 4 is 5.69 Å². The fraction of sp³-hybridized carbons (Fsp3) is 0.647. The number of anilines is 1. The highest BCUT2D eigenvalue weighted by Gasteiger charge is 2.35. The molecule has 0 amide bonds. The largest absolute Gasteiger partial charge is 0.370 e. The van der Waals surface area contributed by atoms with Crippen molar-refractivity contribution in [2.45, 2.75) is 51.2 Å². The number of rotatable bonds is 2. The van der Waals surface area contributed by atoms with Gasteiger partial charge in [0, 0.05) is 36.9 Å². The Hall–Kier alpha value is -1.13. The van der Waals surface area contributed by atoms with Crippen molar-refractivity contribution < 1.29 is 4.39 Å². The molecule has 0 radical (unpaired) electrons. The van der Waals surface area contributed by atoms with Crippen LogP contribution in [-0.2, 0) is 0 Å². The van der Waals surface area contributed by atoms with Gasteiger partial charge < -0.3 is 10.6 Å². The Labute approximate surface area is 126 Å². The zero-order valence-corrected chi connectivity index (χ0v) is 13.3.